The van der Waals surface area contributed by atoms with Gasteiger partial charge in [-0.05, 0) is 32.1 Å². The smallest absolute Gasteiger partial charge is 0.353 e. The second-order valence-electron chi connectivity index (χ2n) is 7.85. The van der Waals surface area contributed by atoms with E-state index in [1.54, 1.807) is 0 Å². The van der Waals surface area contributed by atoms with E-state index < -0.39 is 4.92 Å². The van der Waals surface area contributed by atoms with E-state index in [0.717, 1.165) is 19.5 Å². The van der Waals surface area contributed by atoms with Crippen LogP contribution in [0.4, 0.5) is 23.3 Å². The molecule has 0 amide bonds. The average Bonchev–Trinajstić information content (AvgIpc) is 2.51. The minimum atomic E-state index is -0.469. The molecule has 3 rings (SSSR count). The number of nitrogens with two attached hydrogens (primary N) is 1. The Labute approximate surface area is 153 Å². The zero-order valence-electron chi connectivity index (χ0n) is 15.9. The predicted molar refractivity (Wildman–Crippen MR) is 100 cm³/mol. The molecule has 0 bridgehead atoms. The van der Waals surface area contributed by atoms with Crippen molar-refractivity contribution in [1.29, 1.82) is 0 Å². The maximum atomic E-state index is 11.6. The van der Waals surface area contributed by atoms with Crippen LogP contribution in [0.1, 0.15) is 34.1 Å². The van der Waals surface area contributed by atoms with Crippen LogP contribution in [0.15, 0.2) is 0 Å². The molecule has 0 aromatic carbocycles. The van der Waals surface area contributed by atoms with Crippen LogP contribution in [0.3, 0.4) is 0 Å². The Morgan fingerprint density at radius 1 is 1.04 bits per heavy atom. The molecule has 9 heteroatoms. The summed E-state index contributed by atoms with van der Waals surface area (Å²) in [5.74, 6) is 1.59. The first-order valence-electron chi connectivity index (χ1n) is 9.21. The summed E-state index contributed by atoms with van der Waals surface area (Å²) in [7, 11) is 0. The third kappa shape index (κ3) is 3.82. The van der Waals surface area contributed by atoms with Crippen LogP contribution in [0, 0.1) is 22.0 Å². The molecule has 0 saturated carbocycles. The third-order valence-corrected chi connectivity index (χ3v) is 4.93. The molecule has 1 aromatic heterocycles. The van der Waals surface area contributed by atoms with Crippen LogP contribution >= 0.6 is 0 Å². The Bertz CT molecular complexity index is 665. The summed E-state index contributed by atoms with van der Waals surface area (Å²) in [6.45, 7) is 11.0. The lowest BCUT2D eigenvalue weighted by molar-refractivity contribution is -0.383. The van der Waals surface area contributed by atoms with Crippen molar-refractivity contribution in [3.05, 3.63) is 10.1 Å². The van der Waals surface area contributed by atoms with Gasteiger partial charge in [0.25, 0.3) is 0 Å². The molecule has 0 radical (unpaired) electrons. The number of hydrogen-bond acceptors (Lipinski definition) is 8. The topological polar surface area (TPSA) is 111 Å². The molecule has 0 aliphatic carbocycles. The van der Waals surface area contributed by atoms with E-state index in [1.165, 1.54) is 0 Å². The minimum absolute atomic E-state index is 0.0391. The molecule has 0 unspecified atom stereocenters. The summed E-state index contributed by atoms with van der Waals surface area (Å²) in [5.41, 5.74) is 5.81. The standard InChI is InChI=1S/C17H28N6O3/c1-10-5-11(2)7-21(6-10)16-14(23(24)25)15(18)19-17(20-16)22-8-12(3)26-13(4)9-22/h10-13H,5-9H2,1-4H3,(H2,18,19,20)/t10-,11+,12-,13-/m0/s1. The molecule has 2 aliphatic heterocycles. The Morgan fingerprint density at radius 3 is 2.15 bits per heavy atom. The molecule has 2 fully saturated rings. The van der Waals surface area contributed by atoms with Gasteiger partial charge in [0.15, 0.2) is 0 Å². The number of rotatable bonds is 3. The monoisotopic (exact) mass is 364 g/mol. The van der Waals surface area contributed by atoms with Gasteiger partial charge in [-0.3, -0.25) is 10.1 Å². The van der Waals surface area contributed by atoms with Crippen molar-refractivity contribution >= 4 is 23.3 Å². The van der Waals surface area contributed by atoms with Crippen molar-refractivity contribution in [2.75, 3.05) is 41.7 Å². The quantitative estimate of drug-likeness (QED) is 0.641. The number of ether oxygens (including phenoxy) is 1. The number of nitrogen functional groups attached to an aromatic ring is 1. The Balaban J connectivity index is 2.01. The van der Waals surface area contributed by atoms with Crippen LogP contribution in [-0.2, 0) is 4.74 Å². The molecule has 3 heterocycles. The lowest BCUT2D eigenvalue weighted by Gasteiger charge is -2.37. The molecule has 26 heavy (non-hydrogen) atoms. The van der Waals surface area contributed by atoms with Gasteiger partial charge in [0, 0.05) is 26.2 Å². The van der Waals surface area contributed by atoms with Gasteiger partial charge >= 0.3 is 5.69 Å². The maximum Gasteiger partial charge on any atom is 0.353 e. The van der Waals surface area contributed by atoms with Crippen molar-refractivity contribution in [1.82, 2.24) is 9.97 Å². The van der Waals surface area contributed by atoms with E-state index in [9.17, 15) is 10.1 Å². The van der Waals surface area contributed by atoms with Crippen LogP contribution in [0.5, 0.6) is 0 Å². The highest BCUT2D eigenvalue weighted by Gasteiger charge is 2.33. The number of morpholine rings is 1. The second kappa shape index (κ2) is 7.22. The number of anilines is 3. The van der Waals surface area contributed by atoms with Gasteiger partial charge in [0.2, 0.25) is 17.6 Å². The van der Waals surface area contributed by atoms with Gasteiger partial charge in [0.1, 0.15) is 0 Å². The minimum Gasteiger partial charge on any atom is -0.378 e. The lowest BCUT2D eigenvalue weighted by atomic mass is 9.92. The van der Waals surface area contributed by atoms with Crippen molar-refractivity contribution in [3.8, 4) is 0 Å². The van der Waals surface area contributed by atoms with Crippen LogP contribution < -0.4 is 15.5 Å². The number of hydrogen-bond donors (Lipinski definition) is 1. The molecule has 1 aromatic rings. The van der Waals surface area contributed by atoms with Crippen molar-refractivity contribution in [2.24, 2.45) is 11.8 Å². The Hall–Kier alpha value is -2.16. The summed E-state index contributed by atoms with van der Waals surface area (Å²) in [4.78, 5) is 24.0. The second-order valence-corrected chi connectivity index (χ2v) is 7.85. The zero-order chi connectivity index (χ0) is 19.0. The highest BCUT2D eigenvalue weighted by molar-refractivity contribution is 5.71. The van der Waals surface area contributed by atoms with E-state index in [4.69, 9.17) is 10.5 Å². The van der Waals surface area contributed by atoms with Crippen LogP contribution in [0.2, 0.25) is 0 Å². The highest BCUT2D eigenvalue weighted by Crippen LogP contribution is 2.36. The number of aromatic nitrogens is 2. The van der Waals surface area contributed by atoms with Gasteiger partial charge in [-0.1, -0.05) is 13.8 Å². The van der Waals surface area contributed by atoms with Crippen LogP contribution in [0.25, 0.3) is 0 Å². The first-order chi connectivity index (χ1) is 12.2. The van der Waals surface area contributed by atoms with Crippen molar-refractivity contribution in [3.63, 3.8) is 0 Å². The van der Waals surface area contributed by atoms with Gasteiger partial charge in [-0.2, -0.15) is 9.97 Å². The van der Waals surface area contributed by atoms with Gasteiger partial charge < -0.3 is 20.3 Å². The predicted octanol–water partition coefficient (Wildman–Crippen LogP) is 2.06. The largest absolute Gasteiger partial charge is 0.378 e. The summed E-state index contributed by atoms with van der Waals surface area (Å²) in [6.07, 6.45) is 1.19. The van der Waals surface area contributed by atoms with E-state index in [0.29, 0.717) is 36.7 Å². The molecule has 4 atom stereocenters. The zero-order valence-corrected chi connectivity index (χ0v) is 15.9. The Kier molecular flexibility index (Phi) is 5.17. The molecule has 0 spiro atoms. The summed E-state index contributed by atoms with van der Waals surface area (Å²) < 4.78 is 5.76. The van der Waals surface area contributed by atoms with Gasteiger partial charge in [0.05, 0.1) is 17.1 Å². The summed E-state index contributed by atoms with van der Waals surface area (Å²) in [5, 5.41) is 11.6. The molecule has 2 N–H and O–H groups in total. The van der Waals surface area contributed by atoms with Crippen molar-refractivity contribution in [2.45, 2.75) is 46.3 Å². The number of nitro groups is 1. The number of nitrogens with zero attached hydrogens (tertiary/aromatic N) is 5. The van der Waals surface area contributed by atoms with Gasteiger partial charge in [-0.25, -0.2) is 0 Å². The maximum absolute atomic E-state index is 11.6. The molecule has 2 saturated heterocycles. The molecule has 2 aliphatic rings. The molecule has 9 nitrogen and oxygen atoms in total. The molecular formula is C17H28N6O3. The molecule has 144 valence electrons. The van der Waals surface area contributed by atoms with E-state index in [-0.39, 0.29) is 23.7 Å². The van der Waals surface area contributed by atoms with E-state index in [2.05, 4.69) is 23.8 Å². The first kappa shape index (κ1) is 18.6. The van der Waals surface area contributed by atoms with E-state index in [1.807, 2.05) is 23.6 Å². The Morgan fingerprint density at radius 2 is 1.62 bits per heavy atom. The fourth-order valence-corrected chi connectivity index (χ4v) is 4.16. The number of piperidine rings is 1. The summed E-state index contributed by atoms with van der Waals surface area (Å²) in [6, 6.07) is 0. The first-order valence-corrected chi connectivity index (χ1v) is 9.21. The van der Waals surface area contributed by atoms with Crippen LogP contribution in [-0.4, -0.2) is 53.3 Å². The summed E-state index contributed by atoms with van der Waals surface area (Å²) >= 11 is 0. The van der Waals surface area contributed by atoms with E-state index >= 15 is 0 Å². The lowest BCUT2D eigenvalue weighted by Crippen LogP contribution is -2.46. The highest BCUT2D eigenvalue weighted by atomic mass is 16.6. The molecular weight excluding hydrogens is 336 g/mol. The third-order valence-electron chi connectivity index (χ3n) is 4.93. The fourth-order valence-electron chi connectivity index (χ4n) is 4.16. The average molecular weight is 364 g/mol. The SMILES string of the molecule is C[C@@H]1C[C@H](C)CN(c2nc(N3C[C@H](C)O[C@@H](C)C3)nc(N)c2[N+](=O)[O-])C1. The normalized spacial score (nSPS) is 29.7. The van der Waals surface area contributed by atoms with Gasteiger partial charge in [-0.15, -0.1) is 0 Å². The fraction of sp³-hybridized carbons (Fsp3) is 0.765. The van der Waals surface area contributed by atoms with Crippen molar-refractivity contribution < 1.29 is 9.66 Å².